The van der Waals surface area contributed by atoms with Gasteiger partial charge >= 0.3 is 0 Å². The van der Waals surface area contributed by atoms with Gasteiger partial charge in [0.05, 0.1) is 9.80 Å². The van der Waals surface area contributed by atoms with Crippen LogP contribution in [0.4, 0.5) is 0 Å². The highest BCUT2D eigenvalue weighted by Crippen LogP contribution is 2.32. The Morgan fingerprint density at radius 1 is 0.929 bits per heavy atom. The second-order valence-corrected chi connectivity index (χ2v) is 9.37. The van der Waals surface area contributed by atoms with Gasteiger partial charge in [0.25, 0.3) is 15.9 Å². The maximum Gasteiger partial charge on any atom is 0.281 e. The predicted octanol–water partition coefficient (Wildman–Crippen LogP) is 3.93. The van der Waals surface area contributed by atoms with Crippen molar-refractivity contribution in [1.82, 2.24) is 9.84 Å². The highest BCUT2D eigenvalue weighted by Gasteiger charge is 2.35. The zero-order chi connectivity index (χ0) is 19.7. The largest absolute Gasteiger partial charge is 0.281 e. The first-order valence-corrected chi connectivity index (χ1v) is 11.0. The molecule has 1 aliphatic heterocycles. The minimum atomic E-state index is -3.91. The van der Waals surface area contributed by atoms with Crippen LogP contribution in [-0.4, -0.2) is 23.7 Å². The second kappa shape index (κ2) is 7.48. The number of carbonyl (C=O) groups excluding carboxylic acids is 1. The third-order valence-electron chi connectivity index (χ3n) is 4.13. The van der Waals surface area contributed by atoms with Gasteiger partial charge < -0.3 is 0 Å². The number of hydrogen-bond donors (Lipinski definition) is 1. The van der Waals surface area contributed by atoms with Crippen LogP contribution in [0.25, 0.3) is 16.8 Å². The summed E-state index contributed by atoms with van der Waals surface area (Å²) in [6, 6.07) is 21.6. The van der Waals surface area contributed by atoms with Gasteiger partial charge in [0, 0.05) is 0 Å². The highest BCUT2D eigenvalue weighted by atomic mass is 32.2. The Bertz CT molecular complexity index is 1220. The standard InChI is InChI=1S/C20H14N2O3S3/c23-19-18(13-14-10-11-15-6-4-5-7-16(15)12-14)27-20(26)22(19)21-28(24,25)17-8-2-1-3-9-17/h1-13,21H/b18-13-. The summed E-state index contributed by atoms with van der Waals surface area (Å²) in [5, 5.41) is 3.05. The molecule has 8 heteroatoms. The van der Waals surface area contributed by atoms with Crippen molar-refractivity contribution in [1.29, 1.82) is 0 Å². The van der Waals surface area contributed by atoms with Gasteiger partial charge in [-0.25, -0.2) is 13.4 Å². The number of nitrogens with one attached hydrogen (secondary N) is 1. The molecule has 3 aromatic rings. The van der Waals surface area contributed by atoms with E-state index in [1.54, 1.807) is 24.3 Å². The summed E-state index contributed by atoms with van der Waals surface area (Å²) in [6.07, 6.45) is 1.71. The quantitative estimate of drug-likeness (QED) is 0.506. The fraction of sp³-hybridized carbons (Fsp3) is 0. The van der Waals surface area contributed by atoms with E-state index in [2.05, 4.69) is 4.83 Å². The first-order valence-electron chi connectivity index (χ1n) is 8.28. The number of hydrazine groups is 1. The maximum atomic E-state index is 12.7. The molecule has 0 atom stereocenters. The lowest BCUT2D eigenvalue weighted by Gasteiger charge is -2.15. The number of carbonyl (C=O) groups is 1. The van der Waals surface area contributed by atoms with E-state index in [0.717, 1.165) is 33.1 Å². The minimum absolute atomic E-state index is 0.0579. The predicted molar refractivity (Wildman–Crippen MR) is 116 cm³/mol. The molecule has 3 aromatic carbocycles. The van der Waals surface area contributed by atoms with Gasteiger partial charge in [-0.3, -0.25) is 4.79 Å². The zero-order valence-corrected chi connectivity index (χ0v) is 16.9. The van der Waals surface area contributed by atoms with E-state index in [9.17, 15) is 13.2 Å². The number of rotatable bonds is 4. The summed E-state index contributed by atoms with van der Waals surface area (Å²) in [6.45, 7) is 0. The van der Waals surface area contributed by atoms with Gasteiger partial charge in [-0.15, -0.1) is 4.83 Å². The molecule has 1 fully saturated rings. The van der Waals surface area contributed by atoms with E-state index < -0.39 is 15.9 Å². The number of amides is 1. The average molecular weight is 427 g/mol. The van der Waals surface area contributed by atoms with E-state index in [4.69, 9.17) is 12.2 Å². The number of benzene rings is 3. The smallest absolute Gasteiger partial charge is 0.267 e. The van der Waals surface area contributed by atoms with E-state index in [1.165, 1.54) is 12.1 Å². The van der Waals surface area contributed by atoms with Gasteiger partial charge in [0.2, 0.25) is 0 Å². The van der Waals surface area contributed by atoms with Crippen LogP contribution in [0.2, 0.25) is 0 Å². The molecule has 1 amide bonds. The van der Waals surface area contributed by atoms with Crippen molar-refractivity contribution in [3.05, 3.63) is 83.3 Å². The monoisotopic (exact) mass is 426 g/mol. The van der Waals surface area contributed by atoms with E-state index in [0.29, 0.717) is 4.91 Å². The normalized spacial score (nSPS) is 16.3. The molecular weight excluding hydrogens is 412 g/mol. The molecule has 0 aromatic heterocycles. The second-order valence-electron chi connectivity index (χ2n) is 6.03. The molecule has 1 saturated heterocycles. The molecule has 1 heterocycles. The third kappa shape index (κ3) is 3.72. The van der Waals surface area contributed by atoms with Crippen LogP contribution >= 0.6 is 24.0 Å². The molecule has 5 nitrogen and oxygen atoms in total. The summed E-state index contributed by atoms with van der Waals surface area (Å²) in [4.78, 5) is 15.4. The number of hydrogen-bond acceptors (Lipinski definition) is 5. The molecule has 0 unspecified atom stereocenters. The SMILES string of the molecule is O=C1/C(=C/c2ccc3ccccc3c2)SC(=S)N1NS(=O)(=O)c1ccccc1. The molecule has 0 bridgehead atoms. The summed E-state index contributed by atoms with van der Waals surface area (Å²) < 4.78 is 25.1. The number of fused-ring (bicyclic) bond motifs is 1. The van der Waals surface area contributed by atoms with Crippen molar-refractivity contribution in [2.24, 2.45) is 0 Å². The molecule has 0 radical (unpaired) electrons. The first kappa shape index (κ1) is 18.8. The molecule has 140 valence electrons. The van der Waals surface area contributed by atoms with E-state index in [1.807, 2.05) is 42.5 Å². The van der Waals surface area contributed by atoms with E-state index in [-0.39, 0.29) is 9.22 Å². The topological polar surface area (TPSA) is 66.5 Å². The third-order valence-corrected chi connectivity index (χ3v) is 6.75. The van der Waals surface area contributed by atoms with E-state index >= 15 is 0 Å². The molecule has 28 heavy (non-hydrogen) atoms. The van der Waals surface area contributed by atoms with Crippen LogP contribution in [0.5, 0.6) is 0 Å². The summed E-state index contributed by atoms with van der Waals surface area (Å²) in [5.41, 5.74) is 0.838. The minimum Gasteiger partial charge on any atom is -0.267 e. The summed E-state index contributed by atoms with van der Waals surface area (Å²) in [5.74, 6) is -0.498. The van der Waals surface area contributed by atoms with Crippen LogP contribution in [0.1, 0.15) is 5.56 Å². The van der Waals surface area contributed by atoms with Crippen molar-refractivity contribution >= 4 is 61.1 Å². The Morgan fingerprint density at radius 2 is 1.61 bits per heavy atom. The lowest BCUT2D eigenvalue weighted by atomic mass is 10.1. The summed E-state index contributed by atoms with van der Waals surface area (Å²) >= 11 is 6.27. The van der Waals surface area contributed by atoms with Gasteiger partial charge in [0.1, 0.15) is 0 Å². The first-order chi connectivity index (χ1) is 13.4. The Hall–Kier alpha value is -2.52. The molecule has 0 saturated carbocycles. The fourth-order valence-corrected chi connectivity index (χ4v) is 5.10. The van der Waals surface area contributed by atoms with Gasteiger partial charge in [-0.05, 0) is 40.6 Å². The van der Waals surface area contributed by atoms with Gasteiger partial charge in [-0.1, -0.05) is 78.6 Å². The van der Waals surface area contributed by atoms with Crippen LogP contribution in [-0.2, 0) is 14.8 Å². The number of thiocarbonyl (C=S) groups is 1. The van der Waals surface area contributed by atoms with Crippen LogP contribution in [0, 0.1) is 0 Å². The zero-order valence-electron chi connectivity index (χ0n) is 14.4. The van der Waals surface area contributed by atoms with Crippen molar-refractivity contribution in [3.63, 3.8) is 0 Å². The van der Waals surface area contributed by atoms with Gasteiger partial charge in [0.15, 0.2) is 4.32 Å². The maximum absolute atomic E-state index is 12.7. The number of nitrogens with zero attached hydrogens (tertiary/aromatic N) is 1. The molecular formula is C20H14N2O3S3. The Labute approximate surface area is 172 Å². The van der Waals surface area contributed by atoms with Crippen molar-refractivity contribution < 1.29 is 13.2 Å². The average Bonchev–Trinajstić information content (AvgIpc) is 2.95. The van der Waals surface area contributed by atoms with Crippen molar-refractivity contribution in [2.75, 3.05) is 0 Å². The van der Waals surface area contributed by atoms with Crippen LogP contribution < -0.4 is 4.83 Å². The lowest BCUT2D eigenvalue weighted by molar-refractivity contribution is -0.123. The molecule has 1 aliphatic rings. The molecule has 4 rings (SSSR count). The van der Waals surface area contributed by atoms with Crippen LogP contribution in [0.15, 0.2) is 82.6 Å². The lowest BCUT2D eigenvalue weighted by Crippen LogP contribution is -2.44. The van der Waals surface area contributed by atoms with Crippen molar-refractivity contribution in [2.45, 2.75) is 4.90 Å². The van der Waals surface area contributed by atoms with Crippen molar-refractivity contribution in [3.8, 4) is 0 Å². The highest BCUT2D eigenvalue weighted by molar-refractivity contribution is 8.26. The fourth-order valence-electron chi connectivity index (χ4n) is 2.77. The Kier molecular flexibility index (Phi) is 5.03. The van der Waals surface area contributed by atoms with Crippen LogP contribution in [0.3, 0.4) is 0 Å². The number of sulfonamides is 1. The molecule has 0 aliphatic carbocycles. The number of thioether (sulfide) groups is 1. The Balaban J connectivity index is 1.60. The Morgan fingerprint density at radius 3 is 2.36 bits per heavy atom. The van der Waals surface area contributed by atoms with Gasteiger partial charge in [-0.2, -0.15) is 0 Å². The summed E-state index contributed by atoms with van der Waals surface area (Å²) in [7, 11) is -3.91. The molecule has 1 N–H and O–H groups in total. The molecule has 0 spiro atoms.